The van der Waals surface area contributed by atoms with Crippen molar-refractivity contribution in [3.8, 4) is 0 Å². The van der Waals surface area contributed by atoms with Crippen LogP contribution in [0.1, 0.15) is 30.0 Å². The maximum Gasteiger partial charge on any atom is 0.317 e. The van der Waals surface area contributed by atoms with Crippen LogP contribution < -0.4 is 10.6 Å². The van der Waals surface area contributed by atoms with Crippen LogP contribution >= 0.6 is 23.2 Å². The molecule has 36 heavy (non-hydrogen) atoms. The number of carbonyl (C=O) groups is 1. The third-order valence-corrected chi connectivity index (χ3v) is 8.32. The molecule has 2 N–H and O–H groups in total. The first kappa shape index (κ1) is 25.3. The Kier molecular flexibility index (Phi) is 8.32. The fourth-order valence-corrected chi connectivity index (χ4v) is 5.93. The second-order valence-corrected chi connectivity index (χ2v) is 10.7. The predicted octanol–water partition coefficient (Wildman–Crippen LogP) is 5.76. The molecule has 0 radical (unpaired) electrons. The highest BCUT2D eigenvalue weighted by Gasteiger charge is 2.31. The molecule has 2 aliphatic rings. The van der Waals surface area contributed by atoms with Gasteiger partial charge in [-0.2, -0.15) is 0 Å². The quantitative estimate of drug-likeness (QED) is 0.431. The van der Waals surface area contributed by atoms with E-state index >= 15 is 0 Å². The molecule has 3 aromatic carbocycles. The third-order valence-electron chi connectivity index (χ3n) is 7.58. The van der Waals surface area contributed by atoms with E-state index in [2.05, 4.69) is 58.0 Å². The van der Waals surface area contributed by atoms with Crippen LogP contribution in [-0.4, -0.2) is 61.6 Å². The first-order chi connectivity index (χ1) is 17.6. The van der Waals surface area contributed by atoms with Crippen molar-refractivity contribution in [1.29, 1.82) is 0 Å². The van der Waals surface area contributed by atoms with Gasteiger partial charge < -0.3 is 20.4 Å². The van der Waals surface area contributed by atoms with Crippen LogP contribution in [0.2, 0.25) is 10.0 Å². The van der Waals surface area contributed by atoms with Gasteiger partial charge in [-0.3, -0.25) is 0 Å². The maximum atomic E-state index is 13.2. The molecule has 3 aromatic rings. The van der Waals surface area contributed by atoms with Gasteiger partial charge >= 0.3 is 6.03 Å². The molecule has 2 atom stereocenters. The highest BCUT2D eigenvalue weighted by molar-refractivity contribution is 6.42. The second-order valence-electron chi connectivity index (χ2n) is 9.93. The first-order valence-corrected chi connectivity index (χ1v) is 13.7. The van der Waals surface area contributed by atoms with E-state index in [9.17, 15) is 4.79 Å². The van der Waals surface area contributed by atoms with Crippen molar-refractivity contribution < 1.29 is 4.79 Å². The summed E-state index contributed by atoms with van der Waals surface area (Å²) in [5, 5.41) is 10.4. The van der Waals surface area contributed by atoms with Gasteiger partial charge in [0.1, 0.15) is 0 Å². The molecular weight excluding hydrogens is 491 g/mol. The molecule has 2 saturated heterocycles. The SMILES string of the molecule is O=C(NC(c1ccc(Cl)c(Cl)c1)[C@@H]1CCCN(CCc2cccc3ccccc23)C1)N1CCNCC1. The number of rotatable bonds is 6. The molecule has 2 fully saturated rings. The van der Waals surface area contributed by atoms with E-state index in [-0.39, 0.29) is 12.1 Å². The summed E-state index contributed by atoms with van der Waals surface area (Å²) in [6.07, 6.45) is 3.19. The predicted molar refractivity (Wildman–Crippen MR) is 149 cm³/mol. The molecule has 0 spiro atoms. The van der Waals surface area contributed by atoms with Crippen molar-refractivity contribution in [3.05, 3.63) is 81.8 Å². The molecule has 2 amide bonds. The zero-order chi connectivity index (χ0) is 24.9. The van der Waals surface area contributed by atoms with Crippen LogP contribution in [0.25, 0.3) is 10.8 Å². The lowest BCUT2D eigenvalue weighted by molar-refractivity contribution is 0.139. The Morgan fingerprint density at radius 1 is 1.00 bits per heavy atom. The second kappa shape index (κ2) is 11.8. The van der Waals surface area contributed by atoms with Crippen LogP contribution in [0.3, 0.4) is 0 Å². The van der Waals surface area contributed by atoms with E-state index < -0.39 is 0 Å². The molecule has 0 bridgehead atoms. The minimum atomic E-state index is -0.109. The van der Waals surface area contributed by atoms with Gasteiger partial charge in [0, 0.05) is 39.3 Å². The fraction of sp³-hybridized carbons (Fsp3) is 0.414. The van der Waals surface area contributed by atoms with Crippen molar-refractivity contribution in [3.63, 3.8) is 0 Å². The lowest BCUT2D eigenvalue weighted by Crippen LogP contribution is -2.52. The number of likely N-dealkylation sites (tertiary alicyclic amines) is 1. The summed E-state index contributed by atoms with van der Waals surface area (Å²) in [7, 11) is 0. The van der Waals surface area contributed by atoms with Gasteiger partial charge in [0.05, 0.1) is 16.1 Å². The Morgan fingerprint density at radius 3 is 2.64 bits per heavy atom. The number of carbonyl (C=O) groups excluding carboxylic acids is 1. The molecular formula is C29H34Cl2N4O. The lowest BCUT2D eigenvalue weighted by atomic mass is 9.86. The van der Waals surface area contributed by atoms with Crippen molar-refractivity contribution >= 4 is 40.0 Å². The van der Waals surface area contributed by atoms with Gasteiger partial charge in [0.25, 0.3) is 0 Å². The molecule has 5 rings (SSSR count). The summed E-state index contributed by atoms with van der Waals surface area (Å²) < 4.78 is 0. The minimum Gasteiger partial charge on any atom is -0.331 e. The number of piperidine rings is 1. The summed E-state index contributed by atoms with van der Waals surface area (Å²) in [4.78, 5) is 17.7. The number of urea groups is 1. The van der Waals surface area contributed by atoms with Gasteiger partial charge in [-0.05, 0) is 65.8 Å². The van der Waals surface area contributed by atoms with Crippen LogP contribution in [0.5, 0.6) is 0 Å². The normalized spacial score (nSPS) is 19.8. The Labute approximate surface area is 223 Å². The average Bonchev–Trinajstić information content (AvgIpc) is 2.92. The summed E-state index contributed by atoms with van der Waals surface area (Å²) in [6.45, 7) is 6.14. The van der Waals surface area contributed by atoms with Crippen LogP contribution in [0.15, 0.2) is 60.7 Å². The Morgan fingerprint density at radius 2 is 1.81 bits per heavy atom. The van der Waals surface area contributed by atoms with E-state index in [1.807, 2.05) is 23.1 Å². The number of nitrogens with zero attached hydrogens (tertiary/aromatic N) is 2. The number of amides is 2. The average molecular weight is 526 g/mol. The highest BCUT2D eigenvalue weighted by Crippen LogP contribution is 2.33. The van der Waals surface area contributed by atoms with Crippen LogP contribution in [0.4, 0.5) is 4.79 Å². The van der Waals surface area contributed by atoms with E-state index in [1.54, 1.807) is 0 Å². The van der Waals surface area contributed by atoms with Gasteiger partial charge in [0.15, 0.2) is 0 Å². The maximum absolute atomic E-state index is 13.2. The summed E-state index contributed by atoms with van der Waals surface area (Å²) in [5.74, 6) is 0.301. The Hall–Kier alpha value is -2.31. The lowest BCUT2D eigenvalue weighted by Gasteiger charge is -2.39. The summed E-state index contributed by atoms with van der Waals surface area (Å²) >= 11 is 12.6. The molecule has 0 aliphatic carbocycles. The molecule has 0 aromatic heterocycles. The zero-order valence-corrected chi connectivity index (χ0v) is 22.1. The summed E-state index contributed by atoms with van der Waals surface area (Å²) in [6, 6.07) is 20.8. The van der Waals surface area contributed by atoms with Gasteiger partial charge in [-0.15, -0.1) is 0 Å². The molecule has 5 nitrogen and oxygen atoms in total. The topological polar surface area (TPSA) is 47.6 Å². The van der Waals surface area contributed by atoms with Gasteiger partial charge in [0.2, 0.25) is 0 Å². The molecule has 190 valence electrons. The molecule has 0 saturated carbocycles. The summed E-state index contributed by atoms with van der Waals surface area (Å²) in [5.41, 5.74) is 2.41. The highest BCUT2D eigenvalue weighted by atomic mass is 35.5. The molecule has 2 aliphatic heterocycles. The third kappa shape index (κ3) is 5.97. The van der Waals surface area contributed by atoms with E-state index in [0.717, 1.165) is 70.6 Å². The van der Waals surface area contributed by atoms with Gasteiger partial charge in [-0.1, -0.05) is 71.7 Å². The number of hydrogen-bond acceptors (Lipinski definition) is 3. The van der Waals surface area contributed by atoms with Crippen molar-refractivity contribution in [2.75, 3.05) is 45.8 Å². The molecule has 1 unspecified atom stereocenters. The fourth-order valence-electron chi connectivity index (χ4n) is 5.63. The Balaban J connectivity index is 1.31. The zero-order valence-electron chi connectivity index (χ0n) is 20.6. The van der Waals surface area contributed by atoms with E-state index in [0.29, 0.717) is 16.0 Å². The van der Waals surface area contributed by atoms with Crippen LogP contribution in [-0.2, 0) is 6.42 Å². The van der Waals surface area contributed by atoms with Gasteiger partial charge in [-0.25, -0.2) is 4.79 Å². The van der Waals surface area contributed by atoms with Crippen molar-refractivity contribution in [2.24, 2.45) is 5.92 Å². The molecule has 7 heteroatoms. The van der Waals surface area contributed by atoms with Crippen molar-refractivity contribution in [2.45, 2.75) is 25.3 Å². The number of halogens is 2. The number of nitrogens with one attached hydrogen (secondary N) is 2. The number of benzene rings is 3. The van der Waals surface area contributed by atoms with E-state index in [1.165, 1.54) is 16.3 Å². The largest absolute Gasteiger partial charge is 0.331 e. The molecule has 2 heterocycles. The number of piperazine rings is 1. The number of fused-ring (bicyclic) bond motifs is 1. The number of hydrogen-bond donors (Lipinski definition) is 2. The monoisotopic (exact) mass is 524 g/mol. The Bertz CT molecular complexity index is 1190. The smallest absolute Gasteiger partial charge is 0.317 e. The minimum absolute atomic E-state index is 0.000418. The van der Waals surface area contributed by atoms with Crippen LogP contribution in [0, 0.1) is 5.92 Å². The van der Waals surface area contributed by atoms with Crippen molar-refractivity contribution in [1.82, 2.24) is 20.4 Å². The standard InChI is InChI=1S/C29H34Cl2N4O/c30-26-11-10-23(19-27(26)31)28(33-29(36)35-17-13-32-14-18-35)24-8-4-15-34(20-24)16-12-22-7-3-6-21-5-1-2-9-25(21)22/h1-3,5-7,9-11,19,24,28,32H,4,8,12-18,20H2,(H,33,36)/t24-,28?/m1/s1. The first-order valence-electron chi connectivity index (χ1n) is 13.0. The van der Waals surface area contributed by atoms with E-state index in [4.69, 9.17) is 23.2 Å².